The lowest BCUT2D eigenvalue weighted by Crippen LogP contribution is -2.34. The molecule has 6 heteroatoms. The van der Waals surface area contributed by atoms with Gasteiger partial charge in [0.15, 0.2) is 0 Å². The first-order valence-corrected chi connectivity index (χ1v) is 9.10. The van der Waals surface area contributed by atoms with E-state index in [4.69, 9.17) is 0 Å². The third kappa shape index (κ3) is 3.27. The number of hydrogen-bond acceptors (Lipinski definition) is 3. The fourth-order valence-electron chi connectivity index (χ4n) is 3.81. The molecule has 2 aliphatic rings. The molecule has 1 N–H and O–H groups in total. The number of nitrogens with zero attached hydrogens (tertiary/aromatic N) is 3. The average molecular weight is 350 g/mol. The van der Waals surface area contributed by atoms with Crippen LogP contribution in [0, 0.1) is 0 Å². The molecule has 3 amide bonds. The summed E-state index contributed by atoms with van der Waals surface area (Å²) in [6, 6.07) is 11.4. The minimum Gasteiger partial charge on any atom is -0.317 e. The van der Waals surface area contributed by atoms with Crippen LogP contribution in [0.25, 0.3) is 0 Å². The Morgan fingerprint density at radius 1 is 1.12 bits per heavy atom. The number of urea groups is 1. The second kappa shape index (κ2) is 7.15. The molecule has 1 aromatic heterocycles. The number of nitrogens with one attached hydrogen (secondary N) is 1. The second-order valence-corrected chi connectivity index (χ2v) is 6.76. The van der Waals surface area contributed by atoms with Crippen LogP contribution in [0.1, 0.15) is 37.3 Å². The predicted molar refractivity (Wildman–Crippen MR) is 100.0 cm³/mol. The highest BCUT2D eigenvalue weighted by Crippen LogP contribution is 2.32. The zero-order valence-corrected chi connectivity index (χ0v) is 14.6. The zero-order valence-electron chi connectivity index (χ0n) is 14.6. The Labute approximate surface area is 152 Å². The lowest BCUT2D eigenvalue weighted by molar-refractivity contribution is -0.117. The molecule has 1 unspecified atom stereocenters. The molecule has 0 radical (unpaired) electrons. The number of carbonyl (C=O) groups is 2. The molecule has 0 saturated carbocycles. The summed E-state index contributed by atoms with van der Waals surface area (Å²) in [5.74, 6) is 0.144. The summed E-state index contributed by atoms with van der Waals surface area (Å²) >= 11 is 0. The zero-order chi connectivity index (χ0) is 17.9. The van der Waals surface area contributed by atoms with Gasteiger partial charge in [-0.3, -0.25) is 9.78 Å². The molecular weight excluding hydrogens is 328 g/mol. The summed E-state index contributed by atoms with van der Waals surface area (Å²) < 4.78 is 0. The van der Waals surface area contributed by atoms with Crippen molar-refractivity contribution in [3.63, 3.8) is 0 Å². The summed E-state index contributed by atoms with van der Waals surface area (Å²) in [5.41, 5.74) is 2.68. The van der Waals surface area contributed by atoms with Crippen LogP contribution in [0.4, 0.5) is 16.2 Å². The number of likely N-dealkylation sites (tertiary alicyclic amines) is 1. The maximum Gasteiger partial charge on any atom is 0.322 e. The van der Waals surface area contributed by atoms with Crippen LogP contribution in [0.2, 0.25) is 0 Å². The number of rotatable bonds is 3. The van der Waals surface area contributed by atoms with Gasteiger partial charge in [-0.1, -0.05) is 6.07 Å². The van der Waals surface area contributed by atoms with Crippen molar-refractivity contribution in [2.75, 3.05) is 23.3 Å². The molecular formula is C20H22N4O2. The van der Waals surface area contributed by atoms with Gasteiger partial charge >= 0.3 is 6.03 Å². The Bertz CT molecular complexity index is 808. The number of aromatic nitrogens is 1. The van der Waals surface area contributed by atoms with Crippen molar-refractivity contribution in [1.82, 2.24) is 9.88 Å². The molecule has 3 heterocycles. The molecule has 1 aromatic carbocycles. The number of pyridine rings is 1. The van der Waals surface area contributed by atoms with Gasteiger partial charge < -0.3 is 15.1 Å². The van der Waals surface area contributed by atoms with Crippen molar-refractivity contribution in [2.45, 2.75) is 31.7 Å². The first-order valence-electron chi connectivity index (χ1n) is 9.10. The highest BCUT2D eigenvalue weighted by molar-refractivity contribution is 5.96. The molecule has 1 atom stereocenters. The summed E-state index contributed by atoms with van der Waals surface area (Å²) in [7, 11) is 0. The van der Waals surface area contributed by atoms with E-state index < -0.39 is 0 Å². The minimum absolute atomic E-state index is 0.0846. The Hall–Kier alpha value is -2.89. The first-order chi connectivity index (χ1) is 12.7. The van der Waals surface area contributed by atoms with Crippen LogP contribution in [-0.4, -0.2) is 34.9 Å². The third-order valence-electron chi connectivity index (χ3n) is 5.09. The summed E-state index contributed by atoms with van der Waals surface area (Å²) in [6.45, 7) is 1.48. The van der Waals surface area contributed by atoms with E-state index in [9.17, 15) is 9.59 Å². The highest BCUT2D eigenvalue weighted by Gasteiger charge is 2.30. The normalized spacial score (nSPS) is 19.8. The molecule has 2 aromatic rings. The van der Waals surface area contributed by atoms with Crippen molar-refractivity contribution < 1.29 is 9.59 Å². The van der Waals surface area contributed by atoms with Crippen molar-refractivity contribution in [1.29, 1.82) is 0 Å². The summed E-state index contributed by atoms with van der Waals surface area (Å²) in [5, 5.41) is 3.00. The largest absolute Gasteiger partial charge is 0.322 e. The molecule has 2 saturated heterocycles. The number of hydrogen-bond donors (Lipinski definition) is 1. The van der Waals surface area contributed by atoms with Gasteiger partial charge in [0.05, 0.1) is 6.04 Å². The molecule has 6 nitrogen and oxygen atoms in total. The fourth-order valence-corrected chi connectivity index (χ4v) is 3.81. The van der Waals surface area contributed by atoms with Gasteiger partial charge in [0.1, 0.15) is 0 Å². The Kier molecular flexibility index (Phi) is 4.56. The van der Waals surface area contributed by atoms with Crippen LogP contribution in [0.5, 0.6) is 0 Å². The van der Waals surface area contributed by atoms with Gasteiger partial charge in [0.25, 0.3) is 0 Å². The van der Waals surface area contributed by atoms with Crippen LogP contribution in [0.15, 0.2) is 48.8 Å². The van der Waals surface area contributed by atoms with Gasteiger partial charge in [-0.05, 0) is 55.2 Å². The minimum atomic E-state index is -0.103. The van der Waals surface area contributed by atoms with Crippen molar-refractivity contribution in [2.24, 2.45) is 0 Å². The van der Waals surface area contributed by atoms with Crippen molar-refractivity contribution in [3.8, 4) is 0 Å². The van der Waals surface area contributed by atoms with Crippen LogP contribution >= 0.6 is 0 Å². The van der Waals surface area contributed by atoms with E-state index in [-0.39, 0.29) is 18.0 Å². The number of amides is 3. The average Bonchev–Trinajstić information content (AvgIpc) is 3.31. The summed E-state index contributed by atoms with van der Waals surface area (Å²) in [4.78, 5) is 32.5. The van der Waals surface area contributed by atoms with Gasteiger partial charge in [-0.25, -0.2) is 4.79 Å². The second-order valence-electron chi connectivity index (χ2n) is 6.76. The predicted octanol–water partition coefficient (Wildman–Crippen LogP) is 3.58. The van der Waals surface area contributed by atoms with Crippen LogP contribution in [0.3, 0.4) is 0 Å². The SMILES string of the molecule is O=C1CCCN1c1cccc(NC(=O)N2CCCC2c2ccncc2)c1. The Morgan fingerprint density at radius 3 is 2.73 bits per heavy atom. The molecule has 2 fully saturated rings. The van der Waals surface area contributed by atoms with Gasteiger partial charge in [-0.15, -0.1) is 0 Å². The highest BCUT2D eigenvalue weighted by atomic mass is 16.2. The monoisotopic (exact) mass is 350 g/mol. The van der Waals surface area contributed by atoms with E-state index in [0.717, 1.165) is 43.6 Å². The quantitative estimate of drug-likeness (QED) is 0.920. The van der Waals surface area contributed by atoms with E-state index in [1.54, 1.807) is 17.3 Å². The molecule has 2 aliphatic heterocycles. The maximum atomic E-state index is 12.8. The van der Waals surface area contributed by atoms with Crippen molar-refractivity contribution in [3.05, 3.63) is 54.4 Å². The Balaban J connectivity index is 1.48. The number of carbonyl (C=O) groups excluding carboxylic acids is 2. The van der Waals surface area contributed by atoms with Crippen molar-refractivity contribution >= 4 is 23.3 Å². The van der Waals surface area contributed by atoms with Crippen LogP contribution < -0.4 is 10.2 Å². The Morgan fingerprint density at radius 2 is 1.96 bits per heavy atom. The van der Waals surface area contributed by atoms with Gasteiger partial charge in [0, 0.05) is 43.3 Å². The summed E-state index contributed by atoms with van der Waals surface area (Å²) in [6.07, 6.45) is 6.96. The van der Waals surface area contributed by atoms with E-state index in [1.165, 1.54) is 0 Å². The molecule has 134 valence electrons. The molecule has 4 rings (SSSR count). The maximum absolute atomic E-state index is 12.8. The third-order valence-corrected chi connectivity index (χ3v) is 5.09. The first kappa shape index (κ1) is 16.6. The van der Waals surface area contributed by atoms with E-state index in [1.807, 2.05) is 41.3 Å². The van der Waals surface area contributed by atoms with E-state index in [2.05, 4.69) is 10.3 Å². The van der Waals surface area contributed by atoms with Crippen LogP contribution in [-0.2, 0) is 4.79 Å². The van der Waals surface area contributed by atoms with Gasteiger partial charge in [0.2, 0.25) is 5.91 Å². The fraction of sp³-hybridized carbons (Fsp3) is 0.350. The van der Waals surface area contributed by atoms with Gasteiger partial charge in [-0.2, -0.15) is 0 Å². The topological polar surface area (TPSA) is 65.5 Å². The molecule has 0 spiro atoms. The lowest BCUT2D eigenvalue weighted by atomic mass is 10.1. The van der Waals surface area contributed by atoms with E-state index in [0.29, 0.717) is 12.1 Å². The molecule has 0 aliphatic carbocycles. The lowest BCUT2D eigenvalue weighted by Gasteiger charge is -2.25. The number of benzene rings is 1. The van der Waals surface area contributed by atoms with E-state index >= 15 is 0 Å². The number of anilines is 2. The standard InChI is InChI=1S/C20H22N4O2/c25-19-7-3-12-23(19)17-5-1-4-16(14-17)22-20(26)24-13-2-6-18(24)15-8-10-21-11-9-15/h1,4-5,8-11,14,18H,2-3,6-7,12-13H2,(H,22,26). The molecule has 26 heavy (non-hydrogen) atoms. The molecule has 0 bridgehead atoms. The smallest absolute Gasteiger partial charge is 0.317 e.